The molecule has 0 atom stereocenters. The number of hydrogen-bond donors (Lipinski definition) is 3. The van der Waals surface area contributed by atoms with Crippen LogP contribution in [0.3, 0.4) is 0 Å². The Morgan fingerprint density at radius 2 is 2.06 bits per heavy atom. The summed E-state index contributed by atoms with van der Waals surface area (Å²) in [5.41, 5.74) is 12.3. The van der Waals surface area contributed by atoms with Crippen molar-refractivity contribution in [3.05, 3.63) is 41.6 Å². The number of hydrazone groups is 1. The second-order valence-corrected chi connectivity index (χ2v) is 3.18. The van der Waals surface area contributed by atoms with E-state index in [0.29, 0.717) is 0 Å². The molecule has 1 heterocycles. The minimum absolute atomic E-state index is 0.104. The van der Waals surface area contributed by atoms with Crippen LogP contribution in [0.1, 0.15) is 11.3 Å². The van der Waals surface area contributed by atoms with E-state index in [2.05, 4.69) is 25.1 Å². The monoisotopic (exact) mass is 231 g/mol. The highest BCUT2D eigenvalue weighted by Crippen LogP contribution is 2.01. The van der Waals surface area contributed by atoms with Gasteiger partial charge in [-0.2, -0.15) is 0 Å². The lowest BCUT2D eigenvalue weighted by Gasteiger charge is -1.87. The molecular weight excluding hydrogens is 220 g/mol. The Hall–Kier alpha value is -2.70. The molecule has 0 radical (unpaired) electrons. The molecule has 1 aromatic carbocycles. The predicted octanol–water partition coefficient (Wildman–Crippen LogP) is -1.53. The van der Waals surface area contributed by atoms with Crippen LogP contribution in [0.2, 0.25) is 0 Å². The van der Waals surface area contributed by atoms with Gasteiger partial charge in [-0.1, -0.05) is 18.2 Å². The van der Waals surface area contributed by atoms with Crippen molar-refractivity contribution in [2.75, 3.05) is 5.73 Å². The largest absolute Gasteiger partial charge is 0.379 e. The maximum absolute atomic E-state index is 5.63. The van der Waals surface area contributed by atoms with E-state index in [1.807, 2.05) is 30.3 Å². The van der Waals surface area contributed by atoms with Crippen molar-refractivity contribution in [1.82, 2.24) is 10.3 Å². The third kappa shape index (κ3) is 2.65. The summed E-state index contributed by atoms with van der Waals surface area (Å²) in [6.45, 7) is 0. The van der Waals surface area contributed by atoms with Crippen LogP contribution in [-0.4, -0.2) is 22.4 Å². The Bertz CT molecular complexity index is 545. The lowest BCUT2D eigenvalue weighted by molar-refractivity contribution is -0.456. The molecule has 5 N–H and O–H groups in total. The van der Waals surface area contributed by atoms with Gasteiger partial charge in [0.15, 0.2) is 11.5 Å². The zero-order chi connectivity index (χ0) is 12.1. The number of hydrogen-bond acceptors (Lipinski definition) is 5. The lowest BCUT2D eigenvalue weighted by atomic mass is 10.2. The molecule has 2 rings (SSSR count). The Labute approximate surface area is 96.8 Å². The number of nitrogens with one attached hydrogen (secondary N) is 1. The van der Waals surface area contributed by atoms with Gasteiger partial charge in [0.25, 0.3) is 0 Å². The van der Waals surface area contributed by atoms with Crippen LogP contribution >= 0.6 is 0 Å². The third-order valence-corrected chi connectivity index (χ3v) is 1.97. The SMILES string of the molecule is NC(=N[NH+]=Cc1ccccc1)c1nonc1N. The van der Waals surface area contributed by atoms with E-state index in [-0.39, 0.29) is 17.3 Å². The Morgan fingerprint density at radius 1 is 1.29 bits per heavy atom. The molecule has 0 spiro atoms. The number of nitrogen functional groups attached to an aromatic ring is 1. The minimum Gasteiger partial charge on any atom is -0.379 e. The highest BCUT2D eigenvalue weighted by atomic mass is 16.6. The number of rotatable bonds is 3. The molecule has 0 saturated carbocycles. The molecule has 0 unspecified atom stereocenters. The van der Waals surface area contributed by atoms with E-state index in [4.69, 9.17) is 11.5 Å². The second-order valence-electron chi connectivity index (χ2n) is 3.18. The van der Waals surface area contributed by atoms with E-state index >= 15 is 0 Å². The highest BCUT2D eigenvalue weighted by molar-refractivity contribution is 5.98. The van der Waals surface area contributed by atoms with Gasteiger partial charge in [-0.05, 0) is 22.4 Å². The van der Waals surface area contributed by atoms with Gasteiger partial charge in [0, 0.05) is 10.7 Å². The normalized spacial score (nSPS) is 12.1. The number of nitrogens with two attached hydrogens (primary N) is 2. The topological polar surface area (TPSA) is 117 Å². The van der Waals surface area contributed by atoms with Crippen molar-refractivity contribution in [2.45, 2.75) is 0 Å². The number of benzene rings is 1. The van der Waals surface area contributed by atoms with Gasteiger partial charge in [-0.3, -0.25) is 0 Å². The molecule has 0 fully saturated rings. The summed E-state index contributed by atoms with van der Waals surface area (Å²) in [6, 6.07) is 9.60. The Morgan fingerprint density at radius 3 is 2.71 bits per heavy atom. The van der Waals surface area contributed by atoms with Crippen LogP contribution < -0.4 is 16.6 Å². The fraction of sp³-hybridized carbons (Fsp3) is 0. The summed E-state index contributed by atoms with van der Waals surface area (Å²) in [5.74, 6) is 0.212. The summed E-state index contributed by atoms with van der Waals surface area (Å²) in [6.07, 6.45) is 1.69. The van der Waals surface area contributed by atoms with E-state index in [1.165, 1.54) is 0 Å². The smallest absolute Gasteiger partial charge is 0.224 e. The average molecular weight is 231 g/mol. The number of anilines is 1. The van der Waals surface area contributed by atoms with Crippen LogP contribution in [0.15, 0.2) is 40.1 Å². The van der Waals surface area contributed by atoms with Crippen molar-refractivity contribution < 1.29 is 9.73 Å². The van der Waals surface area contributed by atoms with E-state index in [0.717, 1.165) is 5.56 Å². The molecule has 7 heteroatoms. The minimum atomic E-state index is 0.104. The second kappa shape index (κ2) is 4.88. The van der Waals surface area contributed by atoms with Gasteiger partial charge < -0.3 is 11.5 Å². The molecule has 0 saturated heterocycles. The summed E-state index contributed by atoms with van der Waals surface area (Å²) >= 11 is 0. The molecule has 0 amide bonds. The summed E-state index contributed by atoms with van der Waals surface area (Å²) in [4.78, 5) is 0. The maximum Gasteiger partial charge on any atom is 0.224 e. The van der Waals surface area contributed by atoms with Crippen molar-refractivity contribution in [3.8, 4) is 0 Å². The van der Waals surface area contributed by atoms with Gasteiger partial charge in [-0.25, -0.2) is 4.63 Å². The molecule has 0 aliphatic rings. The van der Waals surface area contributed by atoms with Crippen molar-refractivity contribution in [2.24, 2.45) is 10.8 Å². The first-order valence-electron chi connectivity index (χ1n) is 4.82. The zero-order valence-electron chi connectivity index (χ0n) is 8.87. The molecule has 1 aromatic heterocycles. The van der Waals surface area contributed by atoms with Crippen LogP contribution in [0.25, 0.3) is 0 Å². The molecule has 0 bridgehead atoms. The molecule has 86 valence electrons. The first-order valence-corrected chi connectivity index (χ1v) is 4.82. The van der Waals surface area contributed by atoms with Crippen molar-refractivity contribution in [3.63, 3.8) is 0 Å². The predicted molar refractivity (Wildman–Crippen MR) is 62.0 cm³/mol. The van der Waals surface area contributed by atoms with Crippen LogP contribution in [0.4, 0.5) is 5.82 Å². The third-order valence-electron chi connectivity index (χ3n) is 1.97. The van der Waals surface area contributed by atoms with E-state index < -0.39 is 0 Å². The fourth-order valence-corrected chi connectivity index (χ4v) is 1.15. The highest BCUT2D eigenvalue weighted by Gasteiger charge is 2.11. The van der Waals surface area contributed by atoms with Crippen LogP contribution in [0, 0.1) is 0 Å². The first-order chi connectivity index (χ1) is 8.27. The number of aromatic nitrogens is 2. The molecule has 0 aliphatic carbocycles. The van der Waals surface area contributed by atoms with Crippen molar-refractivity contribution >= 4 is 17.9 Å². The quantitative estimate of drug-likeness (QED) is 0.336. The van der Waals surface area contributed by atoms with Gasteiger partial charge >= 0.3 is 0 Å². The number of nitrogens with zero attached hydrogens (tertiary/aromatic N) is 3. The van der Waals surface area contributed by atoms with Crippen molar-refractivity contribution in [1.29, 1.82) is 0 Å². The molecule has 2 aromatic rings. The molecular formula is C10H11N6O+. The van der Waals surface area contributed by atoms with Crippen LogP contribution in [-0.2, 0) is 0 Å². The van der Waals surface area contributed by atoms with Crippen LogP contribution in [0.5, 0.6) is 0 Å². The number of amidine groups is 1. The first kappa shape index (κ1) is 10.8. The molecule has 17 heavy (non-hydrogen) atoms. The molecule has 7 nitrogen and oxygen atoms in total. The Kier molecular flexibility index (Phi) is 3.10. The zero-order valence-corrected chi connectivity index (χ0v) is 8.87. The summed E-state index contributed by atoms with van der Waals surface area (Å²) in [5, 5.41) is 13.5. The summed E-state index contributed by atoms with van der Waals surface area (Å²) in [7, 11) is 0. The van der Waals surface area contributed by atoms with Gasteiger partial charge in [0.1, 0.15) is 0 Å². The van der Waals surface area contributed by atoms with Gasteiger partial charge in [0.05, 0.1) is 0 Å². The molecule has 0 aliphatic heterocycles. The Balaban J connectivity index is 2.11. The summed E-state index contributed by atoms with van der Waals surface area (Å²) < 4.78 is 4.41. The maximum atomic E-state index is 5.63. The van der Waals surface area contributed by atoms with Gasteiger partial charge in [-0.15, -0.1) is 5.10 Å². The fourth-order valence-electron chi connectivity index (χ4n) is 1.15. The lowest BCUT2D eigenvalue weighted by Crippen LogP contribution is -2.63. The van der Waals surface area contributed by atoms with E-state index in [9.17, 15) is 0 Å². The standard InChI is InChI=1S/C10H10N6O/c11-9(8-10(12)16-17-15-8)14-13-6-7-4-2-1-3-5-7/h1-6H,(H2,11,14)(H2,12,16)/p+1. The van der Waals surface area contributed by atoms with E-state index in [1.54, 1.807) is 6.21 Å². The average Bonchev–Trinajstić information content (AvgIpc) is 2.77. The van der Waals surface area contributed by atoms with Gasteiger partial charge in [0.2, 0.25) is 12.1 Å².